The molecule has 3 heteroatoms. The molecule has 0 fully saturated rings. The monoisotopic (exact) mass is 253 g/mol. The number of hydrogen-bond donors (Lipinski definition) is 1. The second-order valence-electron chi connectivity index (χ2n) is 4.14. The van der Waals surface area contributed by atoms with E-state index in [0.717, 1.165) is 17.5 Å². The van der Waals surface area contributed by atoms with Crippen molar-refractivity contribution in [3.05, 3.63) is 66.7 Å². The molecule has 2 aromatic rings. The zero-order valence-electron chi connectivity index (χ0n) is 10.7. The number of anilines is 2. The first-order chi connectivity index (χ1) is 9.17. The minimum atomic E-state index is -0.459. The highest BCUT2D eigenvalue weighted by molar-refractivity contribution is 5.83. The molecule has 0 aliphatic rings. The summed E-state index contributed by atoms with van der Waals surface area (Å²) in [6.07, 6.45) is 1.14. The minimum absolute atomic E-state index is 0.459. The van der Waals surface area contributed by atoms with Crippen LogP contribution in [0.5, 0.6) is 5.75 Å². The summed E-state index contributed by atoms with van der Waals surface area (Å²) >= 11 is 0. The molecule has 0 spiro atoms. The van der Waals surface area contributed by atoms with Crippen molar-refractivity contribution in [2.75, 3.05) is 5.32 Å². The molecule has 0 aromatic heterocycles. The molecule has 0 aliphatic heterocycles. The average molecular weight is 253 g/mol. The van der Waals surface area contributed by atoms with E-state index in [9.17, 15) is 4.79 Å². The summed E-state index contributed by atoms with van der Waals surface area (Å²) in [5.41, 5.74) is 3.17. The van der Waals surface area contributed by atoms with Gasteiger partial charge in [-0.25, -0.2) is 4.79 Å². The van der Waals surface area contributed by atoms with Crippen LogP contribution in [0.25, 0.3) is 0 Å². The number of aryl methyl sites for hydroxylation is 1. The largest absolute Gasteiger partial charge is 0.423 e. The van der Waals surface area contributed by atoms with Gasteiger partial charge in [0, 0.05) is 17.5 Å². The number of ether oxygens (including phenoxy) is 1. The van der Waals surface area contributed by atoms with E-state index in [1.54, 1.807) is 12.1 Å². The van der Waals surface area contributed by atoms with Crippen LogP contribution in [0.15, 0.2) is 61.2 Å². The molecule has 0 atom stereocenters. The third-order valence-electron chi connectivity index (χ3n) is 2.58. The molecule has 2 rings (SSSR count). The van der Waals surface area contributed by atoms with Gasteiger partial charge in [0.05, 0.1) is 0 Å². The summed E-state index contributed by atoms with van der Waals surface area (Å²) in [5.74, 6) is 0.0404. The van der Waals surface area contributed by atoms with Gasteiger partial charge < -0.3 is 10.1 Å². The van der Waals surface area contributed by atoms with Crippen LogP contribution < -0.4 is 10.1 Å². The zero-order valence-corrected chi connectivity index (χ0v) is 10.7. The van der Waals surface area contributed by atoms with Crippen molar-refractivity contribution in [2.45, 2.75) is 6.92 Å². The van der Waals surface area contributed by atoms with Crippen LogP contribution in [0.1, 0.15) is 5.56 Å². The molecule has 0 radical (unpaired) electrons. The van der Waals surface area contributed by atoms with E-state index >= 15 is 0 Å². The fourth-order valence-electron chi connectivity index (χ4n) is 1.57. The Morgan fingerprint density at radius 1 is 1.05 bits per heavy atom. The molecule has 0 aliphatic carbocycles. The molecule has 96 valence electrons. The van der Waals surface area contributed by atoms with Crippen molar-refractivity contribution in [3.63, 3.8) is 0 Å². The smallest absolute Gasteiger partial charge is 0.335 e. The molecule has 1 N–H and O–H groups in total. The van der Waals surface area contributed by atoms with Crippen LogP contribution in [0, 0.1) is 6.92 Å². The Kier molecular flexibility index (Phi) is 3.98. The lowest BCUT2D eigenvalue weighted by atomic mass is 10.2. The normalized spacial score (nSPS) is 9.74. The second-order valence-corrected chi connectivity index (χ2v) is 4.14. The van der Waals surface area contributed by atoms with Crippen molar-refractivity contribution in [1.29, 1.82) is 0 Å². The first kappa shape index (κ1) is 12.9. The van der Waals surface area contributed by atoms with Gasteiger partial charge in [-0.3, -0.25) is 0 Å². The maximum Gasteiger partial charge on any atom is 0.335 e. The van der Waals surface area contributed by atoms with Gasteiger partial charge in [0.1, 0.15) is 5.75 Å². The third kappa shape index (κ3) is 3.71. The minimum Gasteiger partial charge on any atom is -0.423 e. The highest BCUT2D eigenvalue weighted by Crippen LogP contribution is 2.20. The van der Waals surface area contributed by atoms with Gasteiger partial charge in [0.15, 0.2) is 0 Å². The van der Waals surface area contributed by atoms with Crippen molar-refractivity contribution in [2.24, 2.45) is 0 Å². The van der Waals surface area contributed by atoms with Crippen LogP contribution in [0.2, 0.25) is 0 Å². The summed E-state index contributed by atoms with van der Waals surface area (Å²) in [4.78, 5) is 11.0. The van der Waals surface area contributed by atoms with Crippen molar-refractivity contribution >= 4 is 17.3 Å². The standard InChI is InChI=1S/C16H15NO2/c1-3-16(18)19-15-10-8-14(9-11-15)17-13-6-4-12(2)5-7-13/h3-11,17H,1H2,2H3. The van der Waals surface area contributed by atoms with Gasteiger partial charge in [-0.15, -0.1) is 0 Å². The topological polar surface area (TPSA) is 38.3 Å². The van der Waals surface area contributed by atoms with Gasteiger partial charge in [0.2, 0.25) is 0 Å². The molecule has 0 bridgehead atoms. The number of rotatable bonds is 4. The third-order valence-corrected chi connectivity index (χ3v) is 2.58. The van der Waals surface area contributed by atoms with Crippen LogP contribution in [-0.4, -0.2) is 5.97 Å². The van der Waals surface area contributed by atoms with Crippen LogP contribution >= 0.6 is 0 Å². The van der Waals surface area contributed by atoms with Crippen LogP contribution in [0.3, 0.4) is 0 Å². The Morgan fingerprint density at radius 3 is 2.11 bits per heavy atom. The maximum atomic E-state index is 11.0. The molecule has 0 heterocycles. The van der Waals surface area contributed by atoms with Crippen LogP contribution in [0.4, 0.5) is 11.4 Å². The van der Waals surface area contributed by atoms with Crippen molar-refractivity contribution < 1.29 is 9.53 Å². The quantitative estimate of drug-likeness (QED) is 0.511. The van der Waals surface area contributed by atoms with Gasteiger partial charge >= 0.3 is 5.97 Å². The van der Waals surface area contributed by atoms with E-state index in [1.807, 2.05) is 43.3 Å². The number of benzene rings is 2. The van der Waals surface area contributed by atoms with E-state index < -0.39 is 5.97 Å². The lowest BCUT2D eigenvalue weighted by Crippen LogP contribution is -2.02. The molecule has 0 saturated carbocycles. The predicted octanol–water partition coefficient (Wildman–Crippen LogP) is 3.83. The maximum absolute atomic E-state index is 11.0. The molecule has 3 nitrogen and oxygen atoms in total. The lowest BCUT2D eigenvalue weighted by molar-refractivity contribution is -0.128. The molecule has 0 amide bonds. The van der Waals surface area contributed by atoms with Gasteiger partial charge in [0.25, 0.3) is 0 Å². The van der Waals surface area contributed by atoms with E-state index in [1.165, 1.54) is 5.56 Å². The number of hydrogen-bond acceptors (Lipinski definition) is 3. The first-order valence-electron chi connectivity index (χ1n) is 5.95. The Balaban J connectivity index is 2.04. The average Bonchev–Trinajstić information content (AvgIpc) is 2.43. The summed E-state index contributed by atoms with van der Waals surface area (Å²) in [7, 11) is 0. The number of carbonyl (C=O) groups excluding carboxylic acids is 1. The second kappa shape index (κ2) is 5.87. The first-order valence-corrected chi connectivity index (χ1v) is 5.95. The zero-order chi connectivity index (χ0) is 13.7. The Bertz CT molecular complexity index is 571. The van der Waals surface area contributed by atoms with Gasteiger partial charge in [-0.2, -0.15) is 0 Å². The SMILES string of the molecule is C=CC(=O)Oc1ccc(Nc2ccc(C)cc2)cc1. The molecule has 2 aromatic carbocycles. The molecular formula is C16H15NO2. The fourth-order valence-corrected chi connectivity index (χ4v) is 1.57. The summed E-state index contributed by atoms with van der Waals surface area (Å²) < 4.78 is 5.00. The molecule has 0 unspecified atom stereocenters. The van der Waals surface area contributed by atoms with E-state index in [-0.39, 0.29) is 0 Å². The molecular weight excluding hydrogens is 238 g/mol. The van der Waals surface area contributed by atoms with E-state index in [2.05, 4.69) is 11.9 Å². The number of nitrogens with one attached hydrogen (secondary N) is 1. The Morgan fingerprint density at radius 2 is 1.58 bits per heavy atom. The lowest BCUT2D eigenvalue weighted by Gasteiger charge is -2.07. The highest BCUT2D eigenvalue weighted by atomic mass is 16.5. The van der Waals surface area contributed by atoms with Gasteiger partial charge in [-0.05, 0) is 43.3 Å². The molecule has 19 heavy (non-hydrogen) atoms. The van der Waals surface area contributed by atoms with E-state index in [4.69, 9.17) is 4.74 Å². The van der Waals surface area contributed by atoms with E-state index in [0.29, 0.717) is 5.75 Å². The highest BCUT2D eigenvalue weighted by Gasteiger charge is 2.00. The Hall–Kier alpha value is -2.55. The summed E-state index contributed by atoms with van der Waals surface area (Å²) in [6.45, 7) is 5.40. The van der Waals surface area contributed by atoms with Crippen molar-refractivity contribution in [3.8, 4) is 5.75 Å². The molecule has 0 saturated heterocycles. The van der Waals surface area contributed by atoms with Gasteiger partial charge in [-0.1, -0.05) is 24.3 Å². The number of esters is 1. The number of carbonyl (C=O) groups is 1. The predicted molar refractivity (Wildman–Crippen MR) is 76.7 cm³/mol. The fraction of sp³-hybridized carbons (Fsp3) is 0.0625. The van der Waals surface area contributed by atoms with Crippen molar-refractivity contribution in [1.82, 2.24) is 0 Å². The van der Waals surface area contributed by atoms with Crippen LogP contribution in [-0.2, 0) is 4.79 Å². The Labute approximate surface area is 112 Å². The summed E-state index contributed by atoms with van der Waals surface area (Å²) in [6, 6.07) is 15.3. The summed E-state index contributed by atoms with van der Waals surface area (Å²) in [5, 5.41) is 3.27.